The van der Waals surface area contributed by atoms with Crippen molar-refractivity contribution >= 4 is 16.8 Å². The molecule has 0 unspecified atom stereocenters. The predicted molar refractivity (Wildman–Crippen MR) is 103 cm³/mol. The first kappa shape index (κ1) is 17.5. The zero-order valence-electron chi connectivity index (χ0n) is 15.6. The first-order chi connectivity index (χ1) is 13.0. The molecule has 1 saturated carbocycles. The van der Waals surface area contributed by atoms with Crippen molar-refractivity contribution in [2.75, 3.05) is 0 Å². The molecule has 7 heteroatoms. The third-order valence-electron chi connectivity index (χ3n) is 5.22. The number of hydrogen-bond donors (Lipinski definition) is 1. The van der Waals surface area contributed by atoms with E-state index in [-0.39, 0.29) is 24.1 Å². The molecule has 1 aliphatic rings. The lowest BCUT2D eigenvalue weighted by Gasteiger charge is -2.13. The fraction of sp³-hybridized carbons (Fsp3) is 0.400. The summed E-state index contributed by atoms with van der Waals surface area (Å²) >= 11 is 0. The molecule has 0 saturated heterocycles. The fourth-order valence-electron chi connectivity index (χ4n) is 3.79. The monoisotopic (exact) mass is 365 g/mol. The molecule has 1 N–H and O–H groups in total. The lowest BCUT2D eigenvalue weighted by Crippen LogP contribution is -2.38. The first-order valence-corrected chi connectivity index (χ1v) is 9.35. The van der Waals surface area contributed by atoms with Crippen molar-refractivity contribution in [2.45, 2.75) is 52.1 Å². The summed E-state index contributed by atoms with van der Waals surface area (Å²) in [5.74, 6) is -0.169. The topological polar surface area (TPSA) is 81.8 Å². The van der Waals surface area contributed by atoms with Crippen LogP contribution in [0.5, 0.6) is 0 Å². The van der Waals surface area contributed by atoms with Crippen molar-refractivity contribution in [3.05, 3.63) is 52.1 Å². The molecule has 27 heavy (non-hydrogen) atoms. The minimum absolute atomic E-state index is 0.0783. The first-order valence-electron chi connectivity index (χ1n) is 9.35. The zero-order chi connectivity index (χ0) is 19.0. The summed E-state index contributed by atoms with van der Waals surface area (Å²) in [6, 6.07) is 7.98. The molecule has 1 aliphatic carbocycles. The van der Waals surface area contributed by atoms with Crippen molar-refractivity contribution in [3.8, 4) is 5.69 Å². The van der Waals surface area contributed by atoms with Gasteiger partial charge in [-0.25, -0.2) is 9.36 Å². The molecule has 0 atom stereocenters. The Balaban J connectivity index is 1.73. The Bertz CT molecular complexity index is 1060. The quantitative estimate of drug-likeness (QED) is 0.769. The van der Waals surface area contributed by atoms with E-state index in [4.69, 9.17) is 0 Å². The van der Waals surface area contributed by atoms with Crippen LogP contribution in [0.4, 0.5) is 0 Å². The second kappa shape index (κ2) is 6.98. The van der Waals surface area contributed by atoms with Gasteiger partial charge in [0.1, 0.15) is 12.1 Å². The SMILES string of the molecule is Cc1ccccc1-n1ncc2c(C)nn(CC(=O)NC3CCCC3)c(=O)c21. The Hall–Kier alpha value is -2.96. The normalized spacial score (nSPS) is 14.7. The Labute approximate surface area is 157 Å². The summed E-state index contributed by atoms with van der Waals surface area (Å²) in [5.41, 5.74) is 2.68. The number of fused-ring (bicyclic) bond motifs is 1. The van der Waals surface area contributed by atoms with Crippen LogP contribution < -0.4 is 10.9 Å². The number of carbonyl (C=O) groups is 1. The van der Waals surface area contributed by atoms with Gasteiger partial charge in [0, 0.05) is 11.4 Å². The molecule has 0 spiro atoms. The van der Waals surface area contributed by atoms with Crippen LogP contribution in [0.2, 0.25) is 0 Å². The van der Waals surface area contributed by atoms with Gasteiger partial charge in [-0.05, 0) is 38.3 Å². The molecule has 4 rings (SSSR count). The van der Waals surface area contributed by atoms with Gasteiger partial charge in [0.25, 0.3) is 5.56 Å². The summed E-state index contributed by atoms with van der Waals surface area (Å²) in [5, 5.41) is 12.5. The Kier molecular flexibility index (Phi) is 4.51. The van der Waals surface area contributed by atoms with Crippen molar-refractivity contribution in [2.24, 2.45) is 0 Å². The number of rotatable bonds is 4. The van der Waals surface area contributed by atoms with E-state index in [9.17, 15) is 9.59 Å². The number of aromatic nitrogens is 4. The summed E-state index contributed by atoms with van der Waals surface area (Å²) < 4.78 is 2.89. The van der Waals surface area contributed by atoms with Gasteiger partial charge in [0.2, 0.25) is 5.91 Å². The summed E-state index contributed by atoms with van der Waals surface area (Å²) in [6.45, 7) is 3.73. The molecule has 2 heterocycles. The Morgan fingerprint density at radius 1 is 1.22 bits per heavy atom. The molecule has 0 aliphatic heterocycles. The lowest BCUT2D eigenvalue weighted by atomic mass is 10.2. The molecule has 7 nitrogen and oxygen atoms in total. The van der Waals surface area contributed by atoms with Crippen LogP contribution in [0.3, 0.4) is 0 Å². The number of benzene rings is 1. The largest absolute Gasteiger partial charge is 0.352 e. The maximum atomic E-state index is 13.1. The summed E-state index contributed by atoms with van der Waals surface area (Å²) in [7, 11) is 0. The molecule has 2 aromatic heterocycles. The molecule has 0 bridgehead atoms. The lowest BCUT2D eigenvalue weighted by molar-refractivity contribution is -0.122. The highest BCUT2D eigenvalue weighted by atomic mass is 16.2. The van der Waals surface area contributed by atoms with Gasteiger partial charge in [0.05, 0.1) is 17.6 Å². The van der Waals surface area contributed by atoms with E-state index >= 15 is 0 Å². The van der Waals surface area contributed by atoms with Gasteiger partial charge in [0.15, 0.2) is 0 Å². The fourth-order valence-corrected chi connectivity index (χ4v) is 3.79. The average molecular weight is 365 g/mol. The molecule has 3 aromatic rings. The standard InChI is InChI=1S/C20H23N5O2/c1-13-7-3-6-10-17(13)25-19-16(11-21-25)14(2)23-24(20(19)27)12-18(26)22-15-8-4-5-9-15/h3,6-7,10-11,15H,4-5,8-9,12H2,1-2H3,(H,22,26). The minimum Gasteiger partial charge on any atom is -0.352 e. The van der Waals surface area contributed by atoms with Crippen molar-refractivity contribution < 1.29 is 4.79 Å². The Morgan fingerprint density at radius 2 is 1.96 bits per heavy atom. The van der Waals surface area contributed by atoms with Crippen LogP contribution in [0.1, 0.15) is 36.9 Å². The highest BCUT2D eigenvalue weighted by Crippen LogP contribution is 2.20. The third kappa shape index (κ3) is 3.25. The van der Waals surface area contributed by atoms with E-state index in [1.54, 1.807) is 10.9 Å². The predicted octanol–water partition coefficient (Wildman–Crippen LogP) is 2.26. The smallest absolute Gasteiger partial charge is 0.293 e. The number of nitrogens with one attached hydrogen (secondary N) is 1. The van der Waals surface area contributed by atoms with Gasteiger partial charge in [-0.2, -0.15) is 10.2 Å². The zero-order valence-corrected chi connectivity index (χ0v) is 15.6. The van der Waals surface area contributed by atoms with E-state index < -0.39 is 0 Å². The molecular weight excluding hydrogens is 342 g/mol. The van der Waals surface area contributed by atoms with E-state index in [2.05, 4.69) is 15.5 Å². The molecule has 1 amide bonds. The molecule has 140 valence electrons. The van der Waals surface area contributed by atoms with Crippen molar-refractivity contribution in [1.29, 1.82) is 0 Å². The van der Waals surface area contributed by atoms with Crippen molar-refractivity contribution in [3.63, 3.8) is 0 Å². The molecule has 1 aromatic carbocycles. The minimum atomic E-state index is -0.307. The number of hydrogen-bond acceptors (Lipinski definition) is 4. The van der Waals surface area contributed by atoms with Crippen LogP contribution in [0.25, 0.3) is 16.6 Å². The maximum absolute atomic E-state index is 13.1. The number of nitrogens with zero attached hydrogens (tertiary/aromatic N) is 4. The number of aryl methyl sites for hydroxylation is 2. The molecular formula is C20H23N5O2. The highest BCUT2D eigenvalue weighted by molar-refractivity contribution is 5.82. The van der Waals surface area contributed by atoms with E-state index in [1.165, 1.54) is 4.68 Å². The third-order valence-corrected chi connectivity index (χ3v) is 5.22. The van der Waals surface area contributed by atoms with Crippen LogP contribution in [0.15, 0.2) is 35.3 Å². The van der Waals surface area contributed by atoms with Crippen LogP contribution in [-0.4, -0.2) is 31.5 Å². The second-order valence-corrected chi connectivity index (χ2v) is 7.20. The van der Waals surface area contributed by atoms with Crippen LogP contribution in [0, 0.1) is 13.8 Å². The van der Waals surface area contributed by atoms with E-state index in [1.807, 2.05) is 38.1 Å². The van der Waals surface area contributed by atoms with Gasteiger partial charge < -0.3 is 5.32 Å². The van der Waals surface area contributed by atoms with Gasteiger partial charge in [-0.1, -0.05) is 31.0 Å². The van der Waals surface area contributed by atoms with E-state index in [0.29, 0.717) is 16.6 Å². The summed E-state index contributed by atoms with van der Waals surface area (Å²) in [6.07, 6.45) is 5.96. The van der Waals surface area contributed by atoms with Crippen LogP contribution >= 0.6 is 0 Å². The second-order valence-electron chi connectivity index (χ2n) is 7.20. The Morgan fingerprint density at radius 3 is 2.70 bits per heavy atom. The van der Waals surface area contributed by atoms with Gasteiger partial charge in [-0.15, -0.1) is 0 Å². The average Bonchev–Trinajstić information content (AvgIpc) is 3.30. The highest BCUT2D eigenvalue weighted by Gasteiger charge is 2.20. The van der Waals surface area contributed by atoms with Gasteiger partial charge >= 0.3 is 0 Å². The van der Waals surface area contributed by atoms with Crippen LogP contribution in [-0.2, 0) is 11.3 Å². The number of carbonyl (C=O) groups excluding carboxylic acids is 1. The van der Waals surface area contributed by atoms with Gasteiger partial charge in [-0.3, -0.25) is 9.59 Å². The number of amides is 1. The molecule has 1 fully saturated rings. The summed E-state index contributed by atoms with van der Waals surface area (Å²) in [4.78, 5) is 25.5. The van der Waals surface area contributed by atoms with E-state index in [0.717, 1.165) is 36.9 Å². The maximum Gasteiger partial charge on any atom is 0.293 e. The molecule has 0 radical (unpaired) electrons. The van der Waals surface area contributed by atoms with Crippen molar-refractivity contribution in [1.82, 2.24) is 24.9 Å². The number of para-hydroxylation sites is 1.